The Labute approximate surface area is 174 Å². The van der Waals surface area contributed by atoms with Crippen LogP contribution >= 0.6 is 22.6 Å². The number of rotatable bonds is 9. The van der Waals surface area contributed by atoms with E-state index in [9.17, 15) is 9.90 Å². The quantitative estimate of drug-likeness (QED) is 0.525. The number of aliphatic hydroxyl groups is 1. The summed E-state index contributed by atoms with van der Waals surface area (Å²) in [6.07, 6.45) is 5.27. The molecule has 1 aliphatic heterocycles. The van der Waals surface area contributed by atoms with Crippen LogP contribution in [-0.2, 0) is 14.3 Å². The minimum atomic E-state index is -0.488. The second-order valence-electron chi connectivity index (χ2n) is 7.23. The van der Waals surface area contributed by atoms with E-state index >= 15 is 0 Å². The van der Waals surface area contributed by atoms with Crippen LogP contribution in [0.4, 0.5) is 0 Å². The van der Waals surface area contributed by atoms with Crippen molar-refractivity contribution in [1.29, 1.82) is 0 Å². The van der Waals surface area contributed by atoms with Crippen LogP contribution in [0.5, 0.6) is 0 Å². The van der Waals surface area contributed by atoms with Gasteiger partial charge in [-0.15, -0.1) is 0 Å². The summed E-state index contributed by atoms with van der Waals surface area (Å²) in [6.45, 7) is 3.28. The number of hydrogen-bond donors (Lipinski definition) is 2. The molecule has 148 valence electrons. The van der Waals surface area contributed by atoms with Gasteiger partial charge in [-0.3, -0.25) is 4.79 Å². The summed E-state index contributed by atoms with van der Waals surface area (Å²) >= 11 is 2.29. The number of carbonyl (C=O) groups is 1. The van der Waals surface area contributed by atoms with Gasteiger partial charge in [-0.05, 0) is 84.9 Å². The predicted molar refractivity (Wildman–Crippen MR) is 112 cm³/mol. The number of hydrogen-bond acceptors (Lipinski definition) is 4. The standard InChI is InChI=1S/C21H28INO4/c1-2-26-21-17(4-3-11-24)18(15-7-9-16(22)10-8-15)12-19(27-21)20(25)23-13-14-5-6-14/h7-10,12,14,17-18,21,24H,2-6,11,13H2,1H3,(H,23,25)/t17-,18+,21+/m1/s1. The highest BCUT2D eigenvalue weighted by Gasteiger charge is 2.38. The van der Waals surface area contributed by atoms with Crippen LogP contribution < -0.4 is 5.32 Å². The minimum Gasteiger partial charge on any atom is -0.459 e. The largest absolute Gasteiger partial charge is 0.459 e. The van der Waals surface area contributed by atoms with Gasteiger partial charge in [0.05, 0.1) is 0 Å². The Morgan fingerprint density at radius 2 is 2.07 bits per heavy atom. The molecule has 27 heavy (non-hydrogen) atoms. The molecule has 0 spiro atoms. The van der Waals surface area contributed by atoms with Crippen molar-refractivity contribution in [2.45, 2.75) is 44.8 Å². The maximum Gasteiger partial charge on any atom is 0.286 e. The van der Waals surface area contributed by atoms with Gasteiger partial charge in [0.25, 0.3) is 5.91 Å². The van der Waals surface area contributed by atoms with Gasteiger partial charge in [-0.2, -0.15) is 0 Å². The Bertz CT molecular complexity index is 657. The lowest BCUT2D eigenvalue weighted by Crippen LogP contribution is -2.39. The van der Waals surface area contributed by atoms with Crippen molar-refractivity contribution in [1.82, 2.24) is 5.32 Å². The van der Waals surface area contributed by atoms with E-state index in [2.05, 4.69) is 52.2 Å². The first kappa shape index (κ1) is 20.6. The summed E-state index contributed by atoms with van der Waals surface area (Å²) in [5.41, 5.74) is 1.14. The first-order valence-corrected chi connectivity index (χ1v) is 10.8. The number of carbonyl (C=O) groups excluding carboxylic acids is 1. The second kappa shape index (κ2) is 9.89. The molecule has 0 saturated heterocycles. The molecule has 5 nitrogen and oxygen atoms in total. The highest BCUT2D eigenvalue weighted by Crippen LogP contribution is 2.39. The van der Waals surface area contributed by atoms with Crippen LogP contribution in [0.2, 0.25) is 0 Å². The molecule has 6 heteroatoms. The molecule has 1 amide bonds. The molecule has 1 aliphatic carbocycles. The summed E-state index contributed by atoms with van der Waals surface area (Å²) in [5.74, 6) is 0.864. The number of nitrogens with one attached hydrogen (secondary N) is 1. The number of aliphatic hydroxyl groups excluding tert-OH is 1. The molecule has 0 unspecified atom stereocenters. The third-order valence-corrected chi connectivity index (χ3v) is 5.86. The molecule has 0 radical (unpaired) electrons. The van der Waals surface area contributed by atoms with E-state index in [1.807, 2.05) is 13.0 Å². The minimum absolute atomic E-state index is 0.0144. The van der Waals surface area contributed by atoms with Gasteiger partial charge in [-0.1, -0.05) is 12.1 Å². The monoisotopic (exact) mass is 485 g/mol. The zero-order valence-corrected chi connectivity index (χ0v) is 17.9. The lowest BCUT2D eigenvalue weighted by molar-refractivity contribution is -0.166. The summed E-state index contributed by atoms with van der Waals surface area (Å²) in [5, 5.41) is 12.3. The van der Waals surface area contributed by atoms with Gasteiger partial charge in [0, 0.05) is 35.2 Å². The Morgan fingerprint density at radius 3 is 2.70 bits per heavy atom. The van der Waals surface area contributed by atoms with Crippen LogP contribution in [-0.4, -0.2) is 37.1 Å². The Morgan fingerprint density at radius 1 is 1.33 bits per heavy atom. The molecule has 1 aromatic rings. The zero-order chi connectivity index (χ0) is 19.2. The molecule has 0 bridgehead atoms. The maximum absolute atomic E-state index is 12.6. The second-order valence-corrected chi connectivity index (χ2v) is 8.48. The average molecular weight is 485 g/mol. The van der Waals surface area contributed by atoms with Gasteiger partial charge in [0.2, 0.25) is 6.29 Å². The number of amides is 1. The molecule has 1 fully saturated rings. The van der Waals surface area contributed by atoms with Crippen LogP contribution in [0.25, 0.3) is 0 Å². The lowest BCUT2D eigenvalue weighted by Gasteiger charge is -2.37. The fourth-order valence-electron chi connectivity index (χ4n) is 3.48. The summed E-state index contributed by atoms with van der Waals surface area (Å²) in [7, 11) is 0. The van der Waals surface area contributed by atoms with Gasteiger partial charge >= 0.3 is 0 Å². The summed E-state index contributed by atoms with van der Waals surface area (Å²) in [6, 6.07) is 8.35. The highest BCUT2D eigenvalue weighted by molar-refractivity contribution is 14.1. The Kier molecular flexibility index (Phi) is 7.55. The molecule has 1 saturated carbocycles. The normalized spacial score (nSPS) is 24.9. The van der Waals surface area contributed by atoms with E-state index in [1.165, 1.54) is 16.4 Å². The maximum atomic E-state index is 12.6. The highest BCUT2D eigenvalue weighted by atomic mass is 127. The Hall–Kier alpha value is -1.12. The van der Waals surface area contributed by atoms with Crippen molar-refractivity contribution in [2.24, 2.45) is 11.8 Å². The third-order valence-electron chi connectivity index (χ3n) is 5.14. The van der Waals surface area contributed by atoms with Crippen molar-refractivity contribution in [2.75, 3.05) is 19.8 Å². The molecule has 2 aliphatic rings. The smallest absolute Gasteiger partial charge is 0.286 e. The van der Waals surface area contributed by atoms with Crippen LogP contribution in [0, 0.1) is 15.4 Å². The fraction of sp³-hybridized carbons (Fsp3) is 0.571. The number of halogens is 1. The fourth-order valence-corrected chi connectivity index (χ4v) is 3.84. The number of ether oxygens (including phenoxy) is 2. The van der Waals surface area contributed by atoms with Gasteiger partial charge in [0.1, 0.15) is 0 Å². The first-order valence-electron chi connectivity index (χ1n) is 9.77. The summed E-state index contributed by atoms with van der Waals surface area (Å²) < 4.78 is 13.0. The predicted octanol–water partition coefficient (Wildman–Crippen LogP) is 3.57. The first-order chi connectivity index (χ1) is 13.1. The molecule has 1 aromatic carbocycles. The van der Waals surface area contributed by atoms with Gasteiger partial charge in [-0.25, -0.2) is 0 Å². The van der Waals surface area contributed by atoms with Gasteiger partial charge in [0.15, 0.2) is 5.76 Å². The number of benzene rings is 1. The van der Waals surface area contributed by atoms with Crippen LogP contribution in [0.15, 0.2) is 36.1 Å². The third kappa shape index (κ3) is 5.68. The van der Waals surface area contributed by atoms with E-state index < -0.39 is 6.29 Å². The molecule has 0 aromatic heterocycles. The molecule has 1 heterocycles. The van der Waals surface area contributed by atoms with E-state index in [4.69, 9.17) is 9.47 Å². The molecule has 3 rings (SSSR count). The van der Waals surface area contributed by atoms with Crippen molar-refractivity contribution in [3.8, 4) is 0 Å². The topological polar surface area (TPSA) is 67.8 Å². The molecular formula is C21H28INO4. The number of allylic oxidation sites excluding steroid dienone is 1. The van der Waals surface area contributed by atoms with Crippen molar-refractivity contribution < 1.29 is 19.4 Å². The van der Waals surface area contributed by atoms with E-state index in [0.29, 0.717) is 31.2 Å². The van der Waals surface area contributed by atoms with Crippen molar-refractivity contribution >= 4 is 28.5 Å². The van der Waals surface area contributed by atoms with E-state index in [0.717, 1.165) is 12.0 Å². The van der Waals surface area contributed by atoms with Crippen molar-refractivity contribution in [3.63, 3.8) is 0 Å². The Balaban J connectivity index is 1.86. The average Bonchev–Trinajstić information content (AvgIpc) is 3.50. The molecular weight excluding hydrogens is 457 g/mol. The molecule has 2 N–H and O–H groups in total. The van der Waals surface area contributed by atoms with E-state index in [1.54, 1.807) is 0 Å². The molecule has 3 atom stereocenters. The summed E-state index contributed by atoms with van der Waals surface area (Å²) in [4.78, 5) is 12.6. The van der Waals surface area contributed by atoms with Gasteiger partial charge < -0.3 is 19.9 Å². The van der Waals surface area contributed by atoms with Crippen LogP contribution in [0.1, 0.15) is 44.1 Å². The lowest BCUT2D eigenvalue weighted by atomic mass is 9.80. The SMILES string of the molecule is CCO[C@H]1OC(C(=O)NCC2CC2)=C[C@@H](c2ccc(I)cc2)[C@H]1CCCO. The van der Waals surface area contributed by atoms with E-state index in [-0.39, 0.29) is 24.3 Å². The van der Waals surface area contributed by atoms with Crippen LogP contribution in [0.3, 0.4) is 0 Å². The van der Waals surface area contributed by atoms with Crippen molar-refractivity contribution in [3.05, 3.63) is 45.2 Å². The zero-order valence-electron chi connectivity index (χ0n) is 15.7.